The number of esters is 1. The summed E-state index contributed by atoms with van der Waals surface area (Å²) < 4.78 is 10.6. The second kappa shape index (κ2) is 8.76. The number of carbonyl (C=O) groups excluding carboxylic acids is 2. The summed E-state index contributed by atoms with van der Waals surface area (Å²) in [6.45, 7) is 4.05. The molecule has 1 aliphatic carbocycles. The van der Waals surface area contributed by atoms with Crippen molar-refractivity contribution in [2.24, 2.45) is 5.92 Å². The van der Waals surface area contributed by atoms with E-state index in [0.29, 0.717) is 6.42 Å². The van der Waals surface area contributed by atoms with Crippen LogP contribution in [0.5, 0.6) is 5.75 Å². The summed E-state index contributed by atoms with van der Waals surface area (Å²) in [4.78, 5) is 25.8. The Labute approximate surface area is 182 Å². The van der Waals surface area contributed by atoms with Crippen LogP contribution in [-0.2, 0) is 14.3 Å². The lowest BCUT2D eigenvalue weighted by atomic mass is 9.73. The number of hydrogen-bond donors (Lipinski definition) is 0. The van der Waals surface area contributed by atoms with E-state index in [-0.39, 0.29) is 18.3 Å². The molecule has 0 aromatic heterocycles. The zero-order chi connectivity index (χ0) is 22.0. The van der Waals surface area contributed by atoms with Gasteiger partial charge in [0.1, 0.15) is 11.7 Å². The maximum Gasteiger partial charge on any atom is 0.317 e. The maximum atomic E-state index is 13.1. The number of rotatable bonds is 5. The molecule has 0 bridgehead atoms. The number of ketones is 1. The van der Waals surface area contributed by atoms with E-state index in [0.717, 1.165) is 38.8 Å². The van der Waals surface area contributed by atoms with Gasteiger partial charge in [-0.05, 0) is 65.9 Å². The molecular weight excluding hydrogens is 388 g/mol. The molecule has 0 aliphatic heterocycles. The van der Waals surface area contributed by atoms with Gasteiger partial charge in [-0.15, -0.1) is 0 Å². The number of allylic oxidation sites excluding steroid dienone is 2. The first-order valence-electron chi connectivity index (χ1n) is 10.6. The van der Waals surface area contributed by atoms with Crippen LogP contribution in [0.2, 0.25) is 0 Å². The first-order valence-corrected chi connectivity index (χ1v) is 10.6. The Morgan fingerprint density at radius 1 is 1.00 bits per heavy atom. The maximum absolute atomic E-state index is 13.1. The number of carbonyl (C=O) groups is 2. The van der Waals surface area contributed by atoms with Gasteiger partial charge in [-0.25, -0.2) is 0 Å². The summed E-state index contributed by atoms with van der Waals surface area (Å²) in [7, 11) is 1.64. The molecule has 2 atom stereocenters. The van der Waals surface area contributed by atoms with Crippen molar-refractivity contribution in [3.63, 3.8) is 0 Å². The lowest BCUT2D eigenvalue weighted by Gasteiger charge is -2.29. The molecule has 0 heterocycles. The minimum Gasteiger partial charge on any atom is -0.497 e. The molecule has 4 rings (SSSR count). The second-order valence-electron chi connectivity index (χ2n) is 7.95. The summed E-state index contributed by atoms with van der Waals surface area (Å²) in [5, 5.41) is 2.09. The first kappa shape index (κ1) is 20.9. The molecule has 3 aromatic rings. The van der Waals surface area contributed by atoms with E-state index in [2.05, 4.69) is 6.07 Å². The predicted molar refractivity (Wildman–Crippen MR) is 122 cm³/mol. The quantitative estimate of drug-likeness (QED) is 0.410. The summed E-state index contributed by atoms with van der Waals surface area (Å²) in [5.74, 6) is -0.960. The number of aryl methyl sites for hydroxylation is 1. The summed E-state index contributed by atoms with van der Waals surface area (Å²) >= 11 is 0. The minimum absolute atomic E-state index is 0.194. The smallest absolute Gasteiger partial charge is 0.317 e. The molecule has 0 radical (unpaired) electrons. The molecular formula is C27H26O4. The van der Waals surface area contributed by atoms with E-state index in [4.69, 9.17) is 9.47 Å². The molecule has 3 aromatic carbocycles. The van der Waals surface area contributed by atoms with Crippen LogP contribution in [0.4, 0.5) is 0 Å². The Balaban J connectivity index is 1.76. The van der Waals surface area contributed by atoms with Crippen LogP contribution >= 0.6 is 0 Å². The third kappa shape index (κ3) is 4.24. The SMILES string of the molecule is CCOC(=O)C1C(=O)C=C(c2ccc(C)cc2)CC1c1ccc2cc(OC)ccc2c1. The second-order valence-corrected chi connectivity index (χ2v) is 7.95. The predicted octanol–water partition coefficient (Wildman–Crippen LogP) is 5.48. The van der Waals surface area contributed by atoms with Crippen LogP contribution in [-0.4, -0.2) is 25.5 Å². The fraction of sp³-hybridized carbons (Fsp3) is 0.259. The van der Waals surface area contributed by atoms with Crippen molar-refractivity contribution in [3.8, 4) is 5.75 Å². The van der Waals surface area contributed by atoms with Crippen molar-refractivity contribution in [2.45, 2.75) is 26.2 Å². The average molecular weight is 415 g/mol. The van der Waals surface area contributed by atoms with Crippen molar-refractivity contribution in [1.82, 2.24) is 0 Å². The monoisotopic (exact) mass is 414 g/mol. The molecule has 0 spiro atoms. The van der Waals surface area contributed by atoms with Crippen LogP contribution in [0.25, 0.3) is 16.3 Å². The fourth-order valence-corrected chi connectivity index (χ4v) is 4.26. The molecule has 4 heteroatoms. The van der Waals surface area contributed by atoms with Crippen LogP contribution in [0, 0.1) is 12.8 Å². The number of methoxy groups -OCH3 is 1. The number of benzene rings is 3. The molecule has 1 aliphatic rings. The van der Waals surface area contributed by atoms with E-state index in [1.807, 2.05) is 61.5 Å². The highest BCUT2D eigenvalue weighted by molar-refractivity contribution is 6.10. The summed E-state index contributed by atoms with van der Waals surface area (Å²) in [5.41, 5.74) is 4.08. The summed E-state index contributed by atoms with van der Waals surface area (Å²) in [6.07, 6.45) is 2.22. The van der Waals surface area contributed by atoms with Gasteiger partial charge in [-0.3, -0.25) is 9.59 Å². The van der Waals surface area contributed by atoms with Crippen molar-refractivity contribution in [3.05, 3.63) is 83.4 Å². The van der Waals surface area contributed by atoms with Crippen LogP contribution < -0.4 is 4.74 Å². The lowest BCUT2D eigenvalue weighted by Crippen LogP contribution is -2.34. The van der Waals surface area contributed by atoms with Crippen molar-refractivity contribution in [2.75, 3.05) is 13.7 Å². The van der Waals surface area contributed by atoms with Crippen LogP contribution in [0.15, 0.2) is 66.7 Å². The van der Waals surface area contributed by atoms with Gasteiger partial charge in [-0.2, -0.15) is 0 Å². The Kier molecular flexibility index (Phi) is 5.90. The highest BCUT2D eigenvalue weighted by Gasteiger charge is 2.39. The van der Waals surface area contributed by atoms with Gasteiger partial charge in [0, 0.05) is 5.92 Å². The molecule has 158 valence electrons. The van der Waals surface area contributed by atoms with Gasteiger partial charge in [0.2, 0.25) is 0 Å². The normalized spacial score (nSPS) is 18.5. The third-order valence-electron chi connectivity index (χ3n) is 5.93. The van der Waals surface area contributed by atoms with Gasteiger partial charge in [0.25, 0.3) is 0 Å². The van der Waals surface area contributed by atoms with E-state index < -0.39 is 11.9 Å². The van der Waals surface area contributed by atoms with E-state index in [1.54, 1.807) is 20.1 Å². The molecule has 0 fully saturated rings. The number of hydrogen-bond acceptors (Lipinski definition) is 4. The Hall–Kier alpha value is -3.40. The fourth-order valence-electron chi connectivity index (χ4n) is 4.26. The number of ether oxygens (including phenoxy) is 2. The standard InChI is InChI=1S/C27H26O4/c1-4-31-27(29)26-24(15-22(16-25(26)28)18-7-5-17(2)6-8-18)21-10-9-20-14-23(30-3)12-11-19(20)13-21/h5-14,16,24,26H,4,15H2,1-3H3. The van der Waals surface area contributed by atoms with Crippen molar-refractivity contribution < 1.29 is 19.1 Å². The molecule has 31 heavy (non-hydrogen) atoms. The van der Waals surface area contributed by atoms with E-state index >= 15 is 0 Å². The molecule has 0 N–H and O–H groups in total. The number of fused-ring (bicyclic) bond motifs is 1. The van der Waals surface area contributed by atoms with E-state index in [1.165, 1.54) is 0 Å². The van der Waals surface area contributed by atoms with Gasteiger partial charge in [0.15, 0.2) is 5.78 Å². The highest BCUT2D eigenvalue weighted by Crippen LogP contribution is 2.41. The molecule has 0 saturated heterocycles. The highest BCUT2D eigenvalue weighted by atomic mass is 16.5. The largest absolute Gasteiger partial charge is 0.497 e. The summed E-state index contributed by atoms with van der Waals surface area (Å²) in [6, 6.07) is 20.1. The van der Waals surface area contributed by atoms with E-state index in [9.17, 15) is 9.59 Å². The Bertz CT molecular complexity index is 1160. The Morgan fingerprint density at radius 2 is 1.71 bits per heavy atom. The zero-order valence-corrected chi connectivity index (χ0v) is 18.1. The molecule has 4 nitrogen and oxygen atoms in total. The Morgan fingerprint density at radius 3 is 2.42 bits per heavy atom. The van der Waals surface area contributed by atoms with Crippen LogP contribution in [0.1, 0.15) is 36.0 Å². The lowest BCUT2D eigenvalue weighted by molar-refractivity contribution is -0.151. The molecule has 0 amide bonds. The van der Waals surface area contributed by atoms with Gasteiger partial charge in [-0.1, -0.05) is 54.1 Å². The van der Waals surface area contributed by atoms with Gasteiger partial charge in [0.05, 0.1) is 13.7 Å². The van der Waals surface area contributed by atoms with Crippen LogP contribution in [0.3, 0.4) is 0 Å². The first-order chi connectivity index (χ1) is 15.0. The third-order valence-corrected chi connectivity index (χ3v) is 5.93. The minimum atomic E-state index is -0.829. The van der Waals surface area contributed by atoms with Gasteiger partial charge >= 0.3 is 5.97 Å². The molecule has 0 saturated carbocycles. The molecule has 2 unspecified atom stereocenters. The van der Waals surface area contributed by atoms with Crippen molar-refractivity contribution in [1.29, 1.82) is 0 Å². The topological polar surface area (TPSA) is 52.6 Å². The zero-order valence-electron chi connectivity index (χ0n) is 18.1. The van der Waals surface area contributed by atoms with Crippen molar-refractivity contribution >= 4 is 28.1 Å². The average Bonchev–Trinajstić information content (AvgIpc) is 2.78. The van der Waals surface area contributed by atoms with Gasteiger partial charge < -0.3 is 9.47 Å².